The van der Waals surface area contributed by atoms with E-state index in [1.807, 2.05) is 31.2 Å². The van der Waals surface area contributed by atoms with Crippen LogP contribution in [-0.2, 0) is 9.53 Å². The summed E-state index contributed by atoms with van der Waals surface area (Å²) in [4.78, 5) is 29.6. The predicted molar refractivity (Wildman–Crippen MR) is 132 cm³/mol. The average Bonchev–Trinajstić information content (AvgIpc) is 2.82. The summed E-state index contributed by atoms with van der Waals surface area (Å²) < 4.78 is 10.8. The van der Waals surface area contributed by atoms with Gasteiger partial charge in [0.05, 0.1) is 24.0 Å². The van der Waals surface area contributed by atoms with Gasteiger partial charge in [-0.2, -0.15) is 0 Å². The molecule has 3 rings (SSSR count). The fraction of sp³-hybridized carbons (Fsp3) is 0.462. The van der Waals surface area contributed by atoms with Crippen molar-refractivity contribution in [3.63, 3.8) is 0 Å². The number of piperazine rings is 1. The molecule has 0 spiro atoms. The van der Waals surface area contributed by atoms with E-state index in [1.165, 1.54) is 7.11 Å². The second-order valence-electron chi connectivity index (χ2n) is 8.68. The van der Waals surface area contributed by atoms with Gasteiger partial charge in [-0.15, -0.1) is 0 Å². The molecule has 2 aromatic carbocycles. The van der Waals surface area contributed by atoms with Crippen LogP contribution in [0.3, 0.4) is 0 Å². The summed E-state index contributed by atoms with van der Waals surface area (Å²) in [5, 5.41) is 2.96. The number of carbonyl (C=O) groups excluding carboxylic acids is 2. The van der Waals surface area contributed by atoms with Gasteiger partial charge in [-0.25, -0.2) is 4.79 Å². The molecule has 0 aliphatic carbocycles. The molecule has 0 saturated carbocycles. The highest BCUT2D eigenvalue weighted by molar-refractivity contribution is 5.98. The molecule has 1 N–H and O–H groups in total. The number of nitrogens with one attached hydrogen (secondary N) is 1. The van der Waals surface area contributed by atoms with E-state index < -0.39 is 5.97 Å². The van der Waals surface area contributed by atoms with Gasteiger partial charge < -0.3 is 24.6 Å². The molecule has 0 bridgehead atoms. The number of anilines is 2. The summed E-state index contributed by atoms with van der Waals surface area (Å²) in [6.07, 6.45) is 0. The standard InChI is InChI=1S/C26H35N3O4/c1-6-28-11-13-29(14-12-28)23-10-8-20(26(31)32-5)16-22(23)27-25(30)17-33-24-15-19(4)7-9-21(24)18(2)3/h7-10,15-16,18H,6,11-14,17H2,1-5H3,(H,27,30). The van der Waals surface area contributed by atoms with Gasteiger partial charge in [0.15, 0.2) is 6.61 Å². The molecule has 1 amide bonds. The van der Waals surface area contributed by atoms with Gasteiger partial charge >= 0.3 is 5.97 Å². The van der Waals surface area contributed by atoms with Gasteiger partial charge in [-0.3, -0.25) is 4.79 Å². The van der Waals surface area contributed by atoms with E-state index >= 15 is 0 Å². The minimum Gasteiger partial charge on any atom is -0.483 e. The molecule has 7 heteroatoms. The molecular weight excluding hydrogens is 418 g/mol. The van der Waals surface area contributed by atoms with Crippen molar-refractivity contribution in [3.8, 4) is 5.75 Å². The maximum atomic E-state index is 12.9. The number of methoxy groups -OCH3 is 1. The Morgan fingerprint density at radius 1 is 1.06 bits per heavy atom. The van der Waals surface area contributed by atoms with Gasteiger partial charge in [-0.05, 0) is 54.8 Å². The lowest BCUT2D eigenvalue weighted by Crippen LogP contribution is -2.46. The Balaban J connectivity index is 1.77. The van der Waals surface area contributed by atoms with Crippen LogP contribution < -0.4 is 15.0 Å². The van der Waals surface area contributed by atoms with E-state index in [-0.39, 0.29) is 18.4 Å². The molecule has 33 heavy (non-hydrogen) atoms. The van der Waals surface area contributed by atoms with E-state index in [0.29, 0.717) is 11.3 Å². The Morgan fingerprint density at radius 2 is 1.79 bits per heavy atom. The van der Waals surface area contributed by atoms with Crippen LogP contribution in [0.4, 0.5) is 11.4 Å². The lowest BCUT2D eigenvalue weighted by atomic mass is 10.0. The Morgan fingerprint density at radius 3 is 2.42 bits per heavy atom. The Bertz CT molecular complexity index is 981. The lowest BCUT2D eigenvalue weighted by Gasteiger charge is -2.36. The van der Waals surface area contributed by atoms with Crippen molar-refractivity contribution in [1.82, 2.24) is 4.90 Å². The molecule has 1 aliphatic heterocycles. The van der Waals surface area contributed by atoms with Gasteiger partial charge in [0.2, 0.25) is 0 Å². The number of hydrogen-bond donors (Lipinski definition) is 1. The topological polar surface area (TPSA) is 71.1 Å². The minimum absolute atomic E-state index is 0.116. The highest BCUT2D eigenvalue weighted by atomic mass is 16.5. The third-order valence-electron chi connectivity index (χ3n) is 6.00. The third-order valence-corrected chi connectivity index (χ3v) is 6.00. The first kappa shape index (κ1) is 24.6. The van der Waals surface area contributed by atoms with Crippen molar-refractivity contribution < 1.29 is 19.1 Å². The van der Waals surface area contributed by atoms with Gasteiger partial charge in [0.1, 0.15) is 5.75 Å². The van der Waals surface area contributed by atoms with Crippen LogP contribution in [0.25, 0.3) is 0 Å². The molecule has 0 atom stereocenters. The fourth-order valence-electron chi connectivity index (χ4n) is 4.03. The summed E-state index contributed by atoms with van der Waals surface area (Å²) in [5.41, 5.74) is 4.02. The number of likely N-dealkylation sites (N-methyl/N-ethyl adjacent to an activating group) is 1. The molecule has 1 heterocycles. The number of aryl methyl sites for hydroxylation is 1. The van der Waals surface area contributed by atoms with Crippen molar-refractivity contribution >= 4 is 23.3 Å². The summed E-state index contributed by atoms with van der Waals surface area (Å²) in [7, 11) is 1.35. The Labute approximate surface area is 196 Å². The highest BCUT2D eigenvalue weighted by Gasteiger charge is 2.21. The molecule has 0 unspecified atom stereocenters. The third kappa shape index (κ3) is 6.26. The predicted octanol–water partition coefficient (Wildman–Crippen LogP) is 4.06. The van der Waals surface area contributed by atoms with Crippen LogP contribution in [0.15, 0.2) is 36.4 Å². The highest BCUT2D eigenvalue weighted by Crippen LogP contribution is 2.30. The first-order valence-electron chi connectivity index (χ1n) is 11.5. The van der Waals surface area contributed by atoms with Crippen molar-refractivity contribution in [3.05, 3.63) is 53.1 Å². The zero-order valence-electron chi connectivity index (χ0n) is 20.3. The van der Waals surface area contributed by atoms with Crippen LogP contribution in [0.2, 0.25) is 0 Å². The summed E-state index contributed by atoms with van der Waals surface area (Å²) in [6, 6.07) is 11.3. The lowest BCUT2D eigenvalue weighted by molar-refractivity contribution is -0.118. The molecule has 0 aromatic heterocycles. The van der Waals surface area contributed by atoms with Crippen LogP contribution in [0, 0.1) is 6.92 Å². The number of esters is 1. The Hall–Kier alpha value is -3.06. The fourth-order valence-corrected chi connectivity index (χ4v) is 4.03. The smallest absolute Gasteiger partial charge is 0.337 e. The number of benzene rings is 2. The van der Waals surface area contributed by atoms with Gasteiger partial charge in [-0.1, -0.05) is 32.9 Å². The molecule has 178 valence electrons. The van der Waals surface area contributed by atoms with Crippen LogP contribution in [0.1, 0.15) is 48.2 Å². The largest absolute Gasteiger partial charge is 0.483 e. The Kier molecular flexibility index (Phi) is 8.33. The van der Waals surface area contributed by atoms with Crippen molar-refractivity contribution in [2.24, 2.45) is 0 Å². The molecule has 1 fully saturated rings. The van der Waals surface area contributed by atoms with E-state index in [0.717, 1.165) is 55.3 Å². The van der Waals surface area contributed by atoms with Crippen molar-refractivity contribution in [2.45, 2.75) is 33.6 Å². The quantitative estimate of drug-likeness (QED) is 0.608. The molecule has 1 saturated heterocycles. The first-order valence-corrected chi connectivity index (χ1v) is 11.5. The maximum absolute atomic E-state index is 12.9. The van der Waals surface area contributed by atoms with Crippen LogP contribution in [-0.4, -0.2) is 63.2 Å². The van der Waals surface area contributed by atoms with Gasteiger partial charge in [0, 0.05) is 26.2 Å². The SMILES string of the molecule is CCN1CCN(c2ccc(C(=O)OC)cc2NC(=O)COc2cc(C)ccc2C(C)C)CC1. The van der Waals surface area contributed by atoms with Crippen LogP contribution >= 0.6 is 0 Å². The zero-order chi connectivity index (χ0) is 24.0. The number of carbonyl (C=O) groups is 2. The normalized spacial score (nSPS) is 14.3. The van der Waals surface area contributed by atoms with Gasteiger partial charge in [0.25, 0.3) is 5.91 Å². The second kappa shape index (κ2) is 11.2. The number of ether oxygens (including phenoxy) is 2. The van der Waals surface area contributed by atoms with Crippen molar-refractivity contribution in [2.75, 3.05) is 56.7 Å². The molecule has 7 nitrogen and oxygen atoms in total. The number of rotatable bonds is 8. The molecule has 0 radical (unpaired) electrons. The maximum Gasteiger partial charge on any atom is 0.337 e. The van der Waals surface area contributed by atoms with E-state index in [2.05, 4.69) is 35.9 Å². The van der Waals surface area contributed by atoms with E-state index in [4.69, 9.17) is 9.47 Å². The monoisotopic (exact) mass is 453 g/mol. The molecule has 1 aliphatic rings. The summed E-state index contributed by atoms with van der Waals surface area (Å²) in [5.74, 6) is 0.292. The summed E-state index contributed by atoms with van der Waals surface area (Å²) in [6.45, 7) is 12.9. The summed E-state index contributed by atoms with van der Waals surface area (Å²) >= 11 is 0. The zero-order valence-corrected chi connectivity index (χ0v) is 20.3. The molecular formula is C26H35N3O4. The number of nitrogens with zero attached hydrogens (tertiary/aromatic N) is 2. The van der Waals surface area contributed by atoms with Crippen molar-refractivity contribution in [1.29, 1.82) is 0 Å². The number of amides is 1. The van der Waals surface area contributed by atoms with E-state index in [1.54, 1.807) is 12.1 Å². The average molecular weight is 454 g/mol. The second-order valence-corrected chi connectivity index (χ2v) is 8.68. The van der Waals surface area contributed by atoms with Crippen LogP contribution in [0.5, 0.6) is 5.75 Å². The minimum atomic E-state index is -0.439. The number of hydrogen-bond acceptors (Lipinski definition) is 6. The van der Waals surface area contributed by atoms with E-state index in [9.17, 15) is 9.59 Å². The molecule has 2 aromatic rings. The first-order chi connectivity index (χ1) is 15.8.